The minimum Gasteiger partial charge on any atom is -0.489 e. The normalized spacial score (nSPS) is 10.7. The second kappa shape index (κ2) is 8.95. The lowest BCUT2D eigenvalue weighted by Crippen LogP contribution is -1.95. The number of hydrazone groups is 1. The Balaban J connectivity index is 1.51. The number of anilines is 1. The quantitative estimate of drug-likeness (QED) is 0.313. The van der Waals surface area contributed by atoms with Gasteiger partial charge in [-0.15, -0.1) is 0 Å². The predicted molar refractivity (Wildman–Crippen MR) is 109 cm³/mol. The summed E-state index contributed by atoms with van der Waals surface area (Å²) in [6.45, 7) is 0.502. The number of ether oxygens (including phenoxy) is 1. The van der Waals surface area contributed by atoms with Crippen molar-refractivity contribution in [2.24, 2.45) is 5.10 Å². The van der Waals surface area contributed by atoms with Crippen LogP contribution in [0.2, 0.25) is 0 Å². The smallest absolute Gasteiger partial charge is 0.269 e. The summed E-state index contributed by atoms with van der Waals surface area (Å²) in [5, 5.41) is 14.8. The van der Waals surface area contributed by atoms with Gasteiger partial charge in [-0.2, -0.15) is 5.10 Å². The molecule has 1 N–H and O–H groups in total. The van der Waals surface area contributed by atoms with Crippen LogP contribution in [0.4, 0.5) is 11.4 Å². The molecule has 0 amide bonds. The number of rotatable bonds is 7. The van der Waals surface area contributed by atoms with Crippen molar-refractivity contribution < 1.29 is 9.66 Å². The van der Waals surface area contributed by atoms with Crippen molar-refractivity contribution in [2.75, 3.05) is 5.43 Å². The van der Waals surface area contributed by atoms with Crippen molar-refractivity contribution >= 4 is 33.5 Å². The van der Waals surface area contributed by atoms with E-state index in [1.165, 1.54) is 12.1 Å². The number of halogens is 1. The Morgan fingerprint density at radius 2 is 1.67 bits per heavy atom. The third-order valence-electron chi connectivity index (χ3n) is 3.68. The average Bonchev–Trinajstić information content (AvgIpc) is 2.69. The molecule has 0 atom stereocenters. The summed E-state index contributed by atoms with van der Waals surface area (Å²) < 4.78 is 6.80. The van der Waals surface area contributed by atoms with Gasteiger partial charge in [0.1, 0.15) is 12.4 Å². The van der Waals surface area contributed by atoms with Crippen molar-refractivity contribution in [2.45, 2.75) is 6.61 Å². The monoisotopic (exact) mass is 425 g/mol. The maximum atomic E-state index is 10.6. The summed E-state index contributed by atoms with van der Waals surface area (Å²) in [4.78, 5) is 10.2. The van der Waals surface area contributed by atoms with Gasteiger partial charge in [0.05, 0.1) is 16.8 Å². The molecule has 3 aromatic carbocycles. The van der Waals surface area contributed by atoms with E-state index in [0.717, 1.165) is 21.3 Å². The van der Waals surface area contributed by atoms with E-state index in [1.54, 1.807) is 18.3 Å². The van der Waals surface area contributed by atoms with Crippen LogP contribution in [-0.2, 0) is 6.61 Å². The molecule has 0 saturated carbocycles. The Morgan fingerprint density at radius 3 is 2.30 bits per heavy atom. The van der Waals surface area contributed by atoms with Crippen LogP contribution in [0, 0.1) is 10.1 Å². The Hall–Kier alpha value is -3.19. The highest BCUT2D eigenvalue weighted by molar-refractivity contribution is 9.10. The number of nitro benzene ring substituents is 1. The van der Waals surface area contributed by atoms with Crippen molar-refractivity contribution in [3.8, 4) is 5.75 Å². The molecule has 136 valence electrons. The first kappa shape index (κ1) is 18.6. The highest BCUT2D eigenvalue weighted by Gasteiger charge is 2.03. The van der Waals surface area contributed by atoms with Crippen molar-refractivity contribution in [3.63, 3.8) is 0 Å². The van der Waals surface area contributed by atoms with Gasteiger partial charge in [-0.3, -0.25) is 15.5 Å². The molecule has 3 aromatic rings. The van der Waals surface area contributed by atoms with Gasteiger partial charge >= 0.3 is 0 Å². The highest BCUT2D eigenvalue weighted by Crippen LogP contribution is 2.17. The van der Waals surface area contributed by atoms with E-state index in [1.807, 2.05) is 48.5 Å². The minimum absolute atomic E-state index is 0.0447. The molecular formula is C20H16BrN3O3. The van der Waals surface area contributed by atoms with E-state index in [2.05, 4.69) is 26.5 Å². The molecule has 0 radical (unpaired) electrons. The third kappa shape index (κ3) is 5.65. The number of hydrogen-bond acceptors (Lipinski definition) is 5. The molecule has 0 aromatic heterocycles. The van der Waals surface area contributed by atoms with Crippen molar-refractivity contribution in [1.29, 1.82) is 0 Å². The predicted octanol–water partition coefficient (Wildman–Crippen LogP) is 5.38. The fraction of sp³-hybridized carbons (Fsp3) is 0.0500. The molecule has 0 unspecified atom stereocenters. The van der Waals surface area contributed by atoms with Gasteiger partial charge < -0.3 is 4.74 Å². The largest absolute Gasteiger partial charge is 0.489 e. The molecule has 27 heavy (non-hydrogen) atoms. The fourth-order valence-electron chi connectivity index (χ4n) is 2.24. The van der Waals surface area contributed by atoms with Gasteiger partial charge in [0.2, 0.25) is 0 Å². The molecule has 0 fully saturated rings. The Kier molecular flexibility index (Phi) is 6.17. The first-order valence-corrected chi connectivity index (χ1v) is 8.90. The average molecular weight is 426 g/mol. The maximum Gasteiger partial charge on any atom is 0.269 e. The van der Waals surface area contributed by atoms with Gasteiger partial charge in [0.25, 0.3) is 5.69 Å². The van der Waals surface area contributed by atoms with E-state index >= 15 is 0 Å². The minimum atomic E-state index is -0.437. The van der Waals surface area contributed by atoms with E-state index < -0.39 is 4.92 Å². The van der Waals surface area contributed by atoms with Gasteiger partial charge in [-0.25, -0.2) is 0 Å². The lowest BCUT2D eigenvalue weighted by molar-refractivity contribution is -0.384. The van der Waals surface area contributed by atoms with Crippen LogP contribution in [0.15, 0.2) is 82.4 Å². The standard InChI is InChI=1S/C20H16BrN3O3/c21-17-5-1-16(2-6-17)14-27-20-11-3-15(4-12-20)13-22-23-18-7-9-19(10-8-18)24(25)26/h1-13,23H,14H2/b22-13-. The van der Waals surface area contributed by atoms with Crippen LogP contribution in [-0.4, -0.2) is 11.1 Å². The molecule has 7 heteroatoms. The number of nitrogens with zero attached hydrogens (tertiary/aromatic N) is 2. The molecular weight excluding hydrogens is 410 g/mol. The van der Waals surface area contributed by atoms with Crippen LogP contribution in [0.3, 0.4) is 0 Å². The molecule has 0 saturated heterocycles. The Morgan fingerprint density at radius 1 is 1.00 bits per heavy atom. The van der Waals surface area contributed by atoms with E-state index in [-0.39, 0.29) is 5.69 Å². The molecule has 0 bridgehead atoms. The van der Waals surface area contributed by atoms with Gasteiger partial charge in [-0.05, 0) is 59.7 Å². The maximum absolute atomic E-state index is 10.6. The van der Waals surface area contributed by atoms with Gasteiger partial charge in [0.15, 0.2) is 0 Å². The van der Waals surface area contributed by atoms with Crippen LogP contribution in [0.5, 0.6) is 5.75 Å². The summed E-state index contributed by atoms with van der Waals surface area (Å²) in [5.41, 5.74) is 5.55. The van der Waals surface area contributed by atoms with E-state index in [0.29, 0.717) is 12.3 Å². The number of nitro groups is 1. The SMILES string of the molecule is O=[N+]([O-])c1ccc(N/N=C\c2ccc(OCc3ccc(Br)cc3)cc2)cc1. The Bertz CT molecular complexity index is 924. The van der Waals surface area contributed by atoms with Crippen molar-refractivity contribution in [1.82, 2.24) is 0 Å². The Labute approximate surface area is 164 Å². The van der Waals surface area contributed by atoms with E-state index in [9.17, 15) is 10.1 Å². The number of hydrogen-bond donors (Lipinski definition) is 1. The second-order valence-electron chi connectivity index (χ2n) is 5.66. The van der Waals surface area contributed by atoms with Crippen LogP contribution in [0.1, 0.15) is 11.1 Å². The van der Waals surface area contributed by atoms with Crippen molar-refractivity contribution in [3.05, 3.63) is 98.5 Å². The molecule has 0 spiro atoms. The summed E-state index contributed by atoms with van der Waals surface area (Å²) in [5.74, 6) is 0.776. The van der Waals surface area contributed by atoms with Crippen LogP contribution >= 0.6 is 15.9 Å². The summed E-state index contributed by atoms with van der Waals surface area (Å²) in [6.07, 6.45) is 1.67. The van der Waals surface area contributed by atoms with E-state index in [4.69, 9.17) is 4.74 Å². The molecule has 0 heterocycles. The third-order valence-corrected chi connectivity index (χ3v) is 4.21. The van der Waals surface area contributed by atoms with Gasteiger partial charge in [0, 0.05) is 16.6 Å². The molecule has 0 aliphatic rings. The van der Waals surface area contributed by atoms with Gasteiger partial charge in [-0.1, -0.05) is 28.1 Å². The first-order valence-electron chi connectivity index (χ1n) is 8.11. The summed E-state index contributed by atoms with van der Waals surface area (Å²) in [7, 11) is 0. The van der Waals surface area contributed by atoms with Crippen LogP contribution < -0.4 is 10.2 Å². The zero-order chi connectivity index (χ0) is 19.1. The first-order chi connectivity index (χ1) is 13.1. The zero-order valence-corrected chi connectivity index (χ0v) is 15.8. The summed E-state index contributed by atoms with van der Waals surface area (Å²) in [6, 6.07) is 21.6. The highest BCUT2D eigenvalue weighted by atomic mass is 79.9. The molecule has 0 aliphatic heterocycles. The number of nitrogens with one attached hydrogen (secondary N) is 1. The van der Waals surface area contributed by atoms with Crippen LogP contribution in [0.25, 0.3) is 0 Å². The zero-order valence-electron chi connectivity index (χ0n) is 14.2. The summed E-state index contributed by atoms with van der Waals surface area (Å²) >= 11 is 3.41. The second-order valence-corrected chi connectivity index (χ2v) is 6.57. The molecule has 0 aliphatic carbocycles. The number of benzene rings is 3. The lowest BCUT2D eigenvalue weighted by atomic mass is 10.2. The topological polar surface area (TPSA) is 76.8 Å². The lowest BCUT2D eigenvalue weighted by Gasteiger charge is -2.06. The molecule has 3 rings (SSSR count). The molecule has 6 nitrogen and oxygen atoms in total. The number of non-ortho nitro benzene ring substituents is 1. The fourth-order valence-corrected chi connectivity index (χ4v) is 2.50.